The van der Waals surface area contributed by atoms with E-state index in [4.69, 9.17) is 30.8 Å². The van der Waals surface area contributed by atoms with Gasteiger partial charge in [-0.05, 0) is 81.1 Å². The fourth-order valence-electron chi connectivity index (χ4n) is 7.06. The molecule has 238 valence electrons. The Morgan fingerprint density at radius 3 is 2.65 bits per heavy atom. The second-order valence-electron chi connectivity index (χ2n) is 12.6. The molecule has 3 aliphatic rings. The van der Waals surface area contributed by atoms with Crippen molar-refractivity contribution < 1.29 is 28.2 Å². The largest absolute Gasteiger partial charge is 0.481 e. The van der Waals surface area contributed by atoms with Gasteiger partial charge in [-0.15, -0.1) is 0 Å². The molecule has 0 radical (unpaired) electrons. The molecule has 3 aliphatic heterocycles. The van der Waals surface area contributed by atoms with Crippen LogP contribution >= 0.6 is 11.6 Å². The highest BCUT2D eigenvalue weighted by molar-refractivity contribution is 6.30. The molecule has 0 bridgehead atoms. The molecular formula is C36H35ClFN3O5. The van der Waals surface area contributed by atoms with E-state index >= 15 is 4.39 Å². The zero-order valence-corrected chi connectivity index (χ0v) is 26.6. The summed E-state index contributed by atoms with van der Waals surface area (Å²) in [5, 5.41) is 0.303. The molecule has 7 rings (SSSR count). The third-order valence-corrected chi connectivity index (χ3v) is 9.89. The normalized spacial score (nSPS) is 21.7. The first-order valence-electron chi connectivity index (χ1n) is 15.7. The maximum atomic E-state index is 15.1. The number of methoxy groups -OCH3 is 1. The Hall–Kier alpha value is -4.01. The molecule has 0 spiro atoms. The van der Waals surface area contributed by atoms with Crippen LogP contribution in [-0.4, -0.2) is 59.3 Å². The molecule has 2 saturated heterocycles. The van der Waals surface area contributed by atoms with E-state index in [0.717, 1.165) is 66.9 Å². The smallest absolute Gasteiger partial charge is 0.337 e. The lowest BCUT2D eigenvalue weighted by atomic mass is 9.80. The average Bonchev–Trinajstić information content (AvgIpc) is 3.37. The first kappa shape index (κ1) is 30.6. The first-order chi connectivity index (χ1) is 22.3. The van der Waals surface area contributed by atoms with Gasteiger partial charge >= 0.3 is 5.97 Å². The Morgan fingerprint density at radius 2 is 1.96 bits per heavy atom. The SMILES string of the molecule is COC(=O)c1ccc2nc(CN3CCC(c4cccc5c4OC(C)(c4ccc(Cl)cc4F)CC5=C=O)CC3)n(C[C@@H]3CCO3)c2c1. The Bertz CT molecular complexity index is 1870. The van der Waals surface area contributed by atoms with Gasteiger partial charge < -0.3 is 18.8 Å². The Labute approximate surface area is 271 Å². The molecule has 3 aromatic carbocycles. The van der Waals surface area contributed by atoms with E-state index in [1.165, 1.54) is 13.2 Å². The topological polar surface area (TPSA) is 82.9 Å². The van der Waals surface area contributed by atoms with Gasteiger partial charge in [-0.3, -0.25) is 4.90 Å². The monoisotopic (exact) mass is 643 g/mol. The Morgan fingerprint density at radius 1 is 1.15 bits per heavy atom. The van der Waals surface area contributed by atoms with Crippen LogP contribution in [0.4, 0.5) is 4.39 Å². The number of esters is 1. The maximum absolute atomic E-state index is 15.1. The van der Waals surface area contributed by atoms with Crippen molar-refractivity contribution in [2.24, 2.45) is 0 Å². The number of carbonyl (C=O) groups is 1. The highest BCUT2D eigenvalue weighted by Crippen LogP contribution is 2.49. The third kappa shape index (κ3) is 5.62. The summed E-state index contributed by atoms with van der Waals surface area (Å²) in [6.07, 6.45) is 3.09. The summed E-state index contributed by atoms with van der Waals surface area (Å²) in [4.78, 5) is 31.8. The quantitative estimate of drug-likeness (QED) is 0.164. The standard InChI is InChI=1S/C36H35ClFN3O5/c1-36(29-8-7-25(37)17-30(29)38)18-24(21-42)28-5-3-4-27(34(28)46-36)22-10-13-40(14-11-22)20-33-39-31-9-6-23(35(43)44-2)16-32(31)41(33)19-26-12-15-45-26/h3-9,16-17,22,26H,10-15,18-20H2,1-2H3/t26-,36?/m0/s1. The molecule has 4 aromatic rings. The number of imidazole rings is 1. The lowest BCUT2D eigenvalue weighted by Gasteiger charge is -2.39. The minimum Gasteiger partial charge on any atom is -0.481 e. The summed E-state index contributed by atoms with van der Waals surface area (Å²) in [7, 11) is 1.38. The molecule has 8 nitrogen and oxygen atoms in total. The number of hydrogen-bond acceptors (Lipinski definition) is 7. The van der Waals surface area contributed by atoms with Crippen molar-refractivity contribution in [2.75, 3.05) is 26.8 Å². The fraction of sp³-hybridized carbons (Fsp3) is 0.389. The molecule has 0 saturated carbocycles. The third-order valence-electron chi connectivity index (χ3n) is 9.66. The predicted octanol–water partition coefficient (Wildman–Crippen LogP) is 6.70. The number of benzene rings is 3. The number of piperidine rings is 1. The second-order valence-corrected chi connectivity index (χ2v) is 13.0. The van der Waals surface area contributed by atoms with Crippen LogP contribution < -0.4 is 4.74 Å². The number of para-hydroxylation sites is 1. The molecule has 10 heteroatoms. The molecule has 0 aliphatic carbocycles. The highest BCUT2D eigenvalue weighted by atomic mass is 35.5. The van der Waals surface area contributed by atoms with E-state index in [2.05, 4.69) is 21.5 Å². The van der Waals surface area contributed by atoms with E-state index in [1.807, 2.05) is 31.2 Å². The number of ether oxygens (including phenoxy) is 3. The molecule has 4 heterocycles. The van der Waals surface area contributed by atoms with E-state index in [9.17, 15) is 9.59 Å². The molecular weight excluding hydrogens is 609 g/mol. The molecule has 46 heavy (non-hydrogen) atoms. The summed E-state index contributed by atoms with van der Waals surface area (Å²) >= 11 is 6.03. The van der Waals surface area contributed by atoms with E-state index in [-0.39, 0.29) is 24.4 Å². The van der Waals surface area contributed by atoms with E-state index in [0.29, 0.717) is 40.6 Å². The molecule has 0 N–H and O–H groups in total. The second kappa shape index (κ2) is 12.3. The summed E-state index contributed by atoms with van der Waals surface area (Å²) in [5.41, 5.74) is 3.72. The van der Waals surface area contributed by atoms with Crippen LogP contribution in [0.1, 0.15) is 71.4 Å². The van der Waals surface area contributed by atoms with E-state index < -0.39 is 11.4 Å². The zero-order valence-electron chi connectivity index (χ0n) is 25.9. The van der Waals surface area contributed by atoms with Crippen molar-refractivity contribution in [2.45, 2.75) is 63.3 Å². The minimum absolute atomic E-state index is 0.130. The van der Waals surface area contributed by atoms with E-state index in [1.54, 1.807) is 18.2 Å². The van der Waals surface area contributed by atoms with Crippen LogP contribution in [0.5, 0.6) is 5.75 Å². The number of likely N-dealkylation sites (tertiary alicyclic amines) is 1. The molecule has 2 atom stereocenters. The van der Waals surface area contributed by atoms with Crippen LogP contribution in [-0.2, 0) is 33.0 Å². The fourth-order valence-corrected chi connectivity index (χ4v) is 7.22. The van der Waals surface area contributed by atoms with Gasteiger partial charge in [0, 0.05) is 29.2 Å². The number of rotatable bonds is 7. The van der Waals surface area contributed by atoms with Crippen LogP contribution in [0.3, 0.4) is 0 Å². The summed E-state index contributed by atoms with van der Waals surface area (Å²) in [6.45, 7) is 5.60. The lowest BCUT2D eigenvalue weighted by Crippen LogP contribution is -2.37. The minimum atomic E-state index is -1.08. The van der Waals surface area contributed by atoms with Crippen molar-refractivity contribution in [1.29, 1.82) is 0 Å². The van der Waals surface area contributed by atoms with Gasteiger partial charge in [0.2, 0.25) is 0 Å². The Balaban J connectivity index is 1.12. The van der Waals surface area contributed by atoms with Gasteiger partial charge in [0.05, 0.1) is 48.5 Å². The molecule has 0 amide bonds. The van der Waals surface area contributed by atoms with Crippen molar-refractivity contribution >= 4 is 40.1 Å². The van der Waals surface area contributed by atoms with Gasteiger partial charge in [-0.2, -0.15) is 0 Å². The van der Waals surface area contributed by atoms with Crippen LogP contribution in [0.15, 0.2) is 54.6 Å². The molecule has 1 unspecified atom stereocenters. The molecule has 2 fully saturated rings. The zero-order chi connectivity index (χ0) is 32.0. The van der Waals surface area contributed by atoms with Crippen molar-refractivity contribution in [3.05, 3.63) is 93.5 Å². The van der Waals surface area contributed by atoms with Crippen molar-refractivity contribution in [3.63, 3.8) is 0 Å². The number of nitrogens with zero attached hydrogens (tertiary/aromatic N) is 3. The number of carbonyl (C=O) groups excluding carboxylic acids is 2. The van der Waals surface area contributed by atoms with Gasteiger partial charge in [0.15, 0.2) is 0 Å². The van der Waals surface area contributed by atoms with Gasteiger partial charge in [0.25, 0.3) is 0 Å². The van der Waals surface area contributed by atoms with Gasteiger partial charge in [-0.1, -0.05) is 35.9 Å². The molecule has 1 aromatic heterocycles. The first-order valence-corrected chi connectivity index (χ1v) is 16.1. The number of hydrogen-bond donors (Lipinski definition) is 0. The summed E-state index contributed by atoms with van der Waals surface area (Å²) in [6, 6.07) is 15.9. The lowest BCUT2D eigenvalue weighted by molar-refractivity contribution is -0.0592. The predicted molar refractivity (Wildman–Crippen MR) is 172 cm³/mol. The summed E-state index contributed by atoms with van der Waals surface area (Å²) in [5.74, 6) is 3.04. The average molecular weight is 644 g/mol. The number of fused-ring (bicyclic) bond motifs is 2. The summed E-state index contributed by atoms with van der Waals surface area (Å²) < 4.78 is 34.7. The van der Waals surface area contributed by atoms with Gasteiger partial charge in [0.1, 0.15) is 28.9 Å². The van der Waals surface area contributed by atoms with Gasteiger partial charge in [-0.25, -0.2) is 19.0 Å². The number of halogens is 2. The maximum Gasteiger partial charge on any atom is 0.337 e. The van der Waals surface area contributed by atoms with Crippen LogP contribution in [0.2, 0.25) is 5.02 Å². The van der Waals surface area contributed by atoms with Crippen molar-refractivity contribution in [1.82, 2.24) is 14.5 Å². The highest BCUT2D eigenvalue weighted by Gasteiger charge is 2.40. The Kier molecular flexibility index (Phi) is 8.19. The number of aromatic nitrogens is 2. The van der Waals surface area contributed by atoms with Crippen LogP contribution in [0, 0.1) is 5.82 Å². The van der Waals surface area contributed by atoms with Crippen LogP contribution in [0.25, 0.3) is 16.6 Å². The van der Waals surface area contributed by atoms with Crippen molar-refractivity contribution in [3.8, 4) is 5.75 Å².